The van der Waals surface area contributed by atoms with E-state index in [0.29, 0.717) is 17.4 Å². The summed E-state index contributed by atoms with van der Waals surface area (Å²) in [5, 5.41) is 16.8. The summed E-state index contributed by atoms with van der Waals surface area (Å²) in [5.41, 5.74) is 2.23. The number of benzene rings is 3. The van der Waals surface area contributed by atoms with Crippen molar-refractivity contribution in [3.05, 3.63) is 66.2 Å². The second-order valence-corrected chi connectivity index (χ2v) is 7.22. The molecule has 0 bridgehead atoms. The molecule has 2 aliphatic rings. The van der Waals surface area contributed by atoms with Gasteiger partial charge in [0.15, 0.2) is 0 Å². The summed E-state index contributed by atoms with van der Waals surface area (Å²) in [4.78, 5) is 31.1. The number of amides is 1. The molecule has 1 amide bonds. The van der Waals surface area contributed by atoms with Gasteiger partial charge in [-0.15, -0.1) is 0 Å². The minimum atomic E-state index is -1.07. The first-order valence-corrected chi connectivity index (χ1v) is 9.70. The van der Waals surface area contributed by atoms with Crippen LogP contribution in [0.1, 0.15) is 12.0 Å². The second kappa shape index (κ2) is 7.24. The van der Waals surface area contributed by atoms with Gasteiger partial charge in [0, 0.05) is 5.39 Å². The Bertz CT molecular complexity index is 1260. The van der Waals surface area contributed by atoms with Gasteiger partial charge in [-0.2, -0.15) is 10.1 Å². The molecule has 3 aromatic carbocycles. The molecular formula is C23H18N4O4. The highest BCUT2D eigenvalue weighted by atomic mass is 16.5. The van der Waals surface area contributed by atoms with E-state index in [1.54, 1.807) is 30.4 Å². The van der Waals surface area contributed by atoms with E-state index in [9.17, 15) is 14.7 Å². The number of nitrogens with zero attached hydrogens (tertiary/aromatic N) is 4. The molecule has 2 heterocycles. The highest BCUT2D eigenvalue weighted by molar-refractivity contribution is 6.24. The van der Waals surface area contributed by atoms with Gasteiger partial charge in [0.25, 0.3) is 5.91 Å². The quantitative estimate of drug-likeness (QED) is 0.646. The van der Waals surface area contributed by atoms with E-state index in [1.165, 1.54) is 5.01 Å². The van der Waals surface area contributed by atoms with Crippen LogP contribution < -0.4 is 9.64 Å². The maximum atomic E-state index is 13.2. The van der Waals surface area contributed by atoms with E-state index in [4.69, 9.17) is 4.74 Å². The van der Waals surface area contributed by atoms with Crippen LogP contribution in [-0.4, -0.2) is 47.3 Å². The van der Waals surface area contributed by atoms with E-state index in [0.717, 1.165) is 22.0 Å². The molecule has 31 heavy (non-hydrogen) atoms. The molecule has 0 spiro atoms. The lowest BCUT2D eigenvalue weighted by molar-refractivity contribution is -0.140. The number of carboxylic acids is 1. The maximum Gasteiger partial charge on any atom is 0.306 e. The predicted octanol–water partition coefficient (Wildman–Crippen LogP) is 3.38. The number of methoxy groups -OCH3 is 1. The second-order valence-electron chi connectivity index (χ2n) is 7.22. The molecule has 1 N–H and O–H groups in total. The Labute approximate surface area is 177 Å². The number of hydrogen-bond donors (Lipinski definition) is 1. The monoisotopic (exact) mass is 414 g/mol. The zero-order valence-corrected chi connectivity index (χ0v) is 16.6. The number of aliphatic imine (C=N–C) groups is 1. The van der Waals surface area contributed by atoms with Crippen LogP contribution in [0.25, 0.3) is 10.8 Å². The number of aliphatic carboxylic acids is 1. The van der Waals surface area contributed by atoms with Crippen molar-refractivity contribution < 1.29 is 19.4 Å². The van der Waals surface area contributed by atoms with Crippen molar-refractivity contribution >= 4 is 46.2 Å². The van der Waals surface area contributed by atoms with Gasteiger partial charge in [0.05, 0.1) is 31.1 Å². The summed E-state index contributed by atoms with van der Waals surface area (Å²) < 4.78 is 5.16. The first kappa shape index (κ1) is 18.8. The molecule has 154 valence electrons. The maximum absolute atomic E-state index is 13.2. The summed E-state index contributed by atoms with van der Waals surface area (Å²) in [5.74, 6) is -0.490. The van der Waals surface area contributed by atoms with Crippen LogP contribution >= 0.6 is 0 Å². The Morgan fingerprint density at radius 2 is 1.90 bits per heavy atom. The number of rotatable bonds is 5. The lowest BCUT2D eigenvalue weighted by Gasteiger charge is -2.28. The molecule has 3 aromatic rings. The van der Waals surface area contributed by atoms with Gasteiger partial charge in [-0.3, -0.25) is 14.5 Å². The SMILES string of the molecule is COc1ccc(/C=N/N2C(=O)C(CC(=O)O)N3C2=Nc2cccc4cccc3c24)cc1. The molecule has 1 fully saturated rings. The van der Waals surface area contributed by atoms with E-state index < -0.39 is 17.9 Å². The van der Waals surface area contributed by atoms with Crippen LogP contribution in [-0.2, 0) is 9.59 Å². The average Bonchev–Trinajstić information content (AvgIpc) is 3.03. The van der Waals surface area contributed by atoms with Crippen LogP contribution in [0.3, 0.4) is 0 Å². The fourth-order valence-corrected chi connectivity index (χ4v) is 3.94. The molecule has 8 heteroatoms. The Kier molecular flexibility index (Phi) is 4.39. The molecule has 0 aliphatic carbocycles. The fraction of sp³-hybridized carbons (Fsp3) is 0.130. The van der Waals surface area contributed by atoms with E-state index in [-0.39, 0.29) is 6.42 Å². The van der Waals surface area contributed by atoms with Gasteiger partial charge in [0.2, 0.25) is 5.96 Å². The van der Waals surface area contributed by atoms with Crippen LogP contribution in [0.15, 0.2) is 70.8 Å². The normalized spacial score (nSPS) is 17.3. The predicted molar refractivity (Wildman–Crippen MR) is 117 cm³/mol. The molecule has 0 radical (unpaired) electrons. The number of fused-ring (bicyclic) bond motifs is 2. The van der Waals surface area contributed by atoms with Gasteiger partial charge in [0.1, 0.15) is 11.8 Å². The van der Waals surface area contributed by atoms with Crippen LogP contribution in [0.4, 0.5) is 11.4 Å². The number of carbonyl (C=O) groups is 2. The Balaban J connectivity index is 1.60. The smallest absolute Gasteiger partial charge is 0.306 e. The van der Waals surface area contributed by atoms with Crippen molar-refractivity contribution in [2.45, 2.75) is 12.5 Å². The largest absolute Gasteiger partial charge is 0.497 e. The number of hydrogen-bond acceptors (Lipinski definition) is 6. The standard InChI is InChI=1S/C23H18N4O4/c1-31-16-10-8-14(9-11-16)13-24-27-22(30)19(12-20(28)29)26-18-7-3-5-15-4-2-6-17(21(15)18)25-23(26)27/h2-11,13,19H,12H2,1H3,(H,28,29)/b24-13+. The van der Waals surface area contributed by atoms with Gasteiger partial charge in [-0.05, 0) is 47.3 Å². The van der Waals surface area contributed by atoms with Gasteiger partial charge < -0.3 is 9.84 Å². The topological polar surface area (TPSA) is 94.8 Å². The average molecular weight is 414 g/mol. The number of carboxylic acid groups (broad SMARTS) is 1. The van der Waals surface area contributed by atoms with Crippen molar-refractivity contribution in [3.8, 4) is 5.75 Å². The highest BCUT2D eigenvalue weighted by Gasteiger charge is 2.47. The first-order valence-electron chi connectivity index (χ1n) is 9.70. The highest BCUT2D eigenvalue weighted by Crippen LogP contribution is 2.42. The van der Waals surface area contributed by atoms with Crippen molar-refractivity contribution in [2.75, 3.05) is 12.0 Å². The van der Waals surface area contributed by atoms with Crippen LogP contribution in [0, 0.1) is 0 Å². The molecule has 2 aliphatic heterocycles. The molecule has 1 atom stereocenters. The Morgan fingerprint density at radius 1 is 1.16 bits per heavy atom. The minimum Gasteiger partial charge on any atom is -0.497 e. The fourth-order valence-electron chi connectivity index (χ4n) is 3.94. The number of carbonyl (C=O) groups excluding carboxylic acids is 1. The molecule has 8 nitrogen and oxygen atoms in total. The molecule has 0 saturated carbocycles. The van der Waals surface area contributed by atoms with Crippen LogP contribution in [0.2, 0.25) is 0 Å². The summed E-state index contributed by atoms with van der Waals surface area (Å²) in [6.07, 6.45) is 1.19. The van der Waals surface area contributed by atoms with Gasteiger partial charge in [-0.1, -0.05) is 24.3 Å². The molecule has 1 unspecified atom stereocenters. The van der Waals surface area contributed by atoms with Crippen molar-refractivity contribution in [3.63, 3.8) is 0 Å². The number of guanidine groups is 1. The zero-order valence-electron chi connectivity index (χ0n) is 16.6. The number of hydrazone groups is 1. The third kappa shape index (κ3) is 3.09. The van der Waals surface area contributed by atoms with E-state index in [1.807, 2.05) is 48.5 Å². The van der Waals surface area contributed by atoms with Crippen molar-refractivity contribution in [1.29, 1.82) is 0 Å². The van der Waals surface area contributed by atoms with Gasteiger partial charge >= 0.3 is 5.97 Å². The minimum absolute atomic E-state index is 0.298. The lowest BCUT2D eigenvalue weighted by Crippen LogP contribution is -2.38. The number of ether oxygens (including phenoxy) is 1. The first-order chi connectivity index (χ1) is 15.1. The van der Waals surface area contributed by atoms with Crippen molar-refractivity contribution in [2.24, 2.45) is 10.1 Å². The van der Waals surface area contributed by atoms with Crippen molar-refractivity contribution in [1.82, 2.24) is 5.01 Å². The Morgan fingerprint density at radius 3 is 2.61 bits per heavy atom. The van der Waals surface area contributed by atoms with Crippen LogP contribution in [0.5, 0.6) is 5.75 Å². The molecular weight excluding hydrogens is 396 g/mol. The third-order valence-electron chi connectivity index (χ3n) is 5.36. The molecule has 0 aromatic heterocycles. The summed E-state index contributed by atoms with van der Waals surface area (Å²) in [7, 11) is 1.59. The Hall–Kier alpha value is -4.20. The summed E-state index contributed by atoms with van der Waals surface area (Å²) in [6.45, 7) is 0. The summed E-state index contributed by atoms with van der Waals surface area (Å²) in [6, 6.07) is 17.7. The number of anilines is 1. The van der Waals surface area contributed by atoms with E-state index >= 15 is 0 Å². The summed E-state index contributed by atoms with van der Waals surface area (Å²) >= 11 is 0. The lowest BCUT2D eigenvalue weighted by atomic mass is 10.0. The third-order valence-corrected chi connectivity index (χ3v) is 5.36. The van der Waals surface area contributed by atoms with E-state index in [2.05, 4.69) is 10.1 Å². The zero-order chi connectivity index (χ0) is 21.5. The molecule has 5 rings (SSSR count). The molecule has 1 saturated heterocycles. The van der Waals surface area contributed by atoms with Gasteiger partial charge in [-0.25, -0.2) is 4.99 Å².